The summed E-state index contributed by atoms with van der Waals surface area (Å²) < 4.78 is 0. The molecule has 0 aliphatic heterocycles. The van der Waals surface area contributed by atoms with Crippen LogP contribution >= 0.6 is 0 Å². The van der Waals surface area contributed by atoms with Gasteiger partial charge in [0.2, 0.25) is 5.91 Å². The van der Waals surface area contributed by atoms with Gasteiger partial charge < -0.3 is 16.0 Å². The summed E-state index contributed by atoms with van der Waals surface area (Å²) >= 11 is 0. The molecule has 4 nitrogen and oxygen atoms in total. The summed E-state index contributed by atoms with van der Waals surface area (Å²) in [5.41, 5.74) is 7.04. The molecule has 1 atom stereocenters. The molecule has 0 saturated carbocycles. The van der Waals surface area contributed by atoms with Crippen LogP contribution in [0.3, 0.4) is 0 Å². The SMILES string of the molecule is CC(C)N(C)CCCCNC(=O)CC(N)c1ccccc1. The Balaban J connectivity index is 2.14. The quantitative estimate of drug-likeness (QED) is 0.686. The van der Waals surface area contributed by atoms with E-state index in [4.69, 9.17) is 5.73 Å². The summed E-state index contributed by atoms with van der Waals surface area (Å²) in [6, 6.07) is 10.1. The molecule has 0 spiro atoms. The van der Waals surface area contributed by atoms with Gasteiger partial charge in [0.1, 0.15) is 0 Å². The second-order valence-corrected chi connectivity index (χ2v) is 5.85. The summed E-state index contributed by atoms with van der Waals surface area (Å²) in [5.74, 6) is 0.0311. The first-order valence-electron chi connectivity index (χ1n) is 7.78. The number of rotatable bonds is 9. The number of nitrogens with zero attached hydrogens (tertiary/aromatic N) is 1. The van der Waals surface area contributed by atoms with Crippen LogP contribution in [0.25, 0.3) is 0 Å². The largest absolute Gasteiger partial charge is 0.356 e. The Morgan fingerprint density at radius 2 is 1.90 bits per heavy atom. The maximum atomic E-state index is 11.8. The van der Waals surface area contributed by atoms with E-state index in [1.165, 1.54) is 0 Å². The van der Waals surface area contributed by atoms with Crippen LogP contribution in [0, 0.1) is 0 Å². The molecule has 0 aromatic heterocycles. The molecular weight excluding hydrogens is 262 g/mol. The fourth-order valence-corrected chi connectivity index (χ4v) is 2.06. The fraction of sp³-hybridized carbons (Fsp3) is 0.588. The number of nitrogens with one attached hydrogen (secondary N) is 1. The summed E-state index contributed by atoms with van der Waals surface area (Å²) in [4.78, 5) is 14.1. The van der Waals surface area contributed by atoms with Gasteiger partial charge in [-0.3, -0.25) is 4.79 Å². The first-order chi connectivity index (χ1) is 10.0. The van der Waals surface area contributed by atoms with Crippen LogP contribution in [-0.4, -0.2) is 37.0 Å². The van der Waals surface area contributed by atoms with Crippen LogP contribution in [0.4, 0.5) is 0 Å². The molecule has 3 N–H and O–H groups in total. The van der Waals surface area contributed by atoms with E-state index < -0.39 is 0 Å². The maximum Gasteiger partial charge on any atom is 0.221 e. The number of hydrogen-bond donors (Lipinski definition) is 2. The van der Waals surface area contributed by atoms with Gasteiger partial charge in [0.05, 0.1) is 0 Å². The Hall–Kier alpha value is -1.39. The van der Waals surface area contributed by atoms with Crippen molar-refractivity contribution in [2.24, 2.45) is 5.73 Å². The second kappa shape index (κ2) is 9.53. The molecule has 0 fully saturated rings. The van der Waals surface area contributed by atoms with Crippen molar-refractivity contribution in [2.75, 3.05) is 20.1 Å². The number of unbranched alkanes of at least 4 members (excludes halogenated alkanes) is 1. The van der Waals surface area contributed by atoms with Crippen molar-refractivity contribution in [3.8, 4) is 0 Å². The molecule has 0 aliphatic rings. The number of carbonyl (C=O) groups excluding carboxylic acids is 1. The van der Waals surface area contributed by atoms with Gasteiger partial charge in [-0.2, -0.15) is 0 Å². The van der Waals surface area contributed by atoms with Crippen molar-refractivity contribution < 1.29 is 4.79 Å². The highest BCUT2D eigenvalue weighted by molar-refractivity contribution is 5.76. The molecule has 0 bridgehead atoms. The number of carbonyl (C=O) groups is 1. The topological polar surface area (TPSA) is 58.4 Å². The molecule has 4 heteroatoms. The molecule has 0 aliphatic carbocycles. The van der Waals surface area contributed by atoms with Crippen molar-refractivity contribution in [1.29, 1.82) is 0 Å². The monoisotopic (exact) mass is 291 g/mol. The molecule has 21 heavy (non-hydrogen) atoms. The molecular formula is C17H29N3O. The summed E-state index contributed by atoms with van der Waals surface area (Å²) in [6.07, 6.45) is 2.44. The molecule has 0 radical (unpaired) electrons. The first-order valence-corrected chi connectivity index (χ1v) is 7.78. The standard InChI is InChI=1S/C17H29N3O/c1-14(2)20(3)12-8-7-11-19-17(21)13-16(18)15-9-5-4-6-10-15/h4-6,9-10,14,16H,7-8,11-13,18H2,1-3H3,(H,19,21). The molecule has 1 rings (SSSR count). The number of nitrogens with two attached hydrogens (primary N) is 1. The van der Waals surface area contributed by atoms with E-state index in [0.717, 1.165) is 31.5 Å². The average Bonchev–Trinajstić information content (AvgIpc) is 2.47. The molecule has 0 saturated heterocycles. The van der Waals surface area contributed by atoms with Gasteiger partial charge in [-0.15, -0.1) is 0 Å². The van der Waals surface area contributed by atoms with Gasteiger partial charge in [0, 0.05) is 25.0 Å². The van der Waals surface area contributed by atoms with Crippen LogP contribution in [0.1, 0.15) is 44.7 Å². The van der Waals surface area contributed by atoms with E-state index >= 15 is 0 Å². The second-order valence-electron chi connectivity index (χ2n) is 5.85. The van der Waals surface area contributed by atoms with Crippen molar-refractivity contribution in [3.05, 3.63) is 35.9 Å². The summed E-state index contributed by atoms with van der Waals surface area (Å²) in [7, 11) is 2.13. The highest BCUT2D eigenvalue weighted by Crippen LogP contribution is 2.12. The van der Waals surface area contributed by atoms with Crippen LogP contribution in [-0.2, 0) is 4.79 Å². The van der Waals surface area contributed by atoms with E-state index in [1.807, 2.05) is 30.3 Å². The van der Waals surface area contributed by atoms with Crippen molar-refractivity contribution in [3.63, 3.8) is 0 Å². The predicted octanol–water partition coefficient (Wildman–Crippen LogP) is 2.31. The fourth-order valence-electron chi connectivity index (χ4n) is 2.06. The average molecular weight is 291 g/mol. The predicted molar refractivity (Wildman–Crippen MR) is 88.0 cm³/mol. The van der Waals surface area contributed by atoms with Gasteiger partial charge in [-0.05, 0) is 45.8 Å². The Bertz CT molecular complexity index is 406. The van der Waals surface area contributed by atoms with Crippen LogP contribution in [0.15, 0.2) is 30.3 Å². The Kier molecular flexibility index (Phi) is 8.01. The van der Waals surface area contributed by atoms with Gasteiger partial charge in [0.15, 0.2) is 0 Å². The Morgan fingerprint density at radius 1 is 1.24 bits per heavy atom. The third-order valence-corrected chi connectivity index (χ3v) is 3.77. The summed E-state index contributed by atoms with van der Waals surface area (Å²) in [5, 5.41) is 2.95. The minimum Gasteiger partial charge on any atom is -0.356 e. The van der Waals surface area contributed by atoms with Crippen molar-refractivity contribution >= 4 is 5.91 Å². The van der Waals surface area contributed by atoms with E-state index in [9.17, 15) is 4.79 Å². The lowest BCUT2D eigenvalue weighted by molar-refractivity contribution is -0.121. The lowest BCUT2D eigenvalue weighted by atomic mass is 10.0. The van der Waals surface area contributed by atoms with E-state index in [0.29, 0.717) is 12.5 Å². The minimum atomic E-state index is -0.224. The first kappa shape index (κ1) is 17.7. The molecule has 1 aromatic carbocycles. The zero-order chi connectivity index (χ0) is 15.7. The number of amides is 1. The smallest absolute Gasteiger partial charge is 0.221 e. The molecule has 0 heterocycles. The van der Waals surface area contributed by atoms with Crippen molar-refractivity contribution in [2.45, 2.75) is 45.2 Å². The highest BCUT2D eigenvalue weighted by atomic mass is 16.1. The zero-order valence-electron chi connectivity index (χ0n) is 13.5. The van der Waals surface area contributed by atoms with Gasteiger partial charge >= 0.3 is 0 Å². The number of hydrogen-bond acceptors (Lipinski definition) is 3. The maximum absolute atomic E-state index is 11.8. The number of benzene rings is 1. The lowest BCUT2D eigenvalue weighted by Gasteiger charge is -2.20. The molecule has 1 aromatic rings. The molecule has 1 unspecified atom stereocenters. The van der Waals surface area contributed by atoms with Crippen LogP contribution in [0.2, 0.25) is 0 Å². The normalized spacial score (nSPS) is 12.7. The Morgan fingerprint density at radius 3 is 2.52 bits per heavy atom. The third kappa shape index (κ3) is 7.25. The molecule has 118 valence electrons. The van der Waals surface area contributed by atoms with Crippen LogP contribution in [0.5, 0.6) is 0 Å². The lowest BCUT2D eigenvalue weighted by Crippen LogP contribution is -2.30. The van der Waals surface area contributed by atoms with Gasteiger partial charge in [-0.1, -0.05) is 30.3 Å². The zero-order valence-corrected chi connectivity index (χ0v) is 13.5. The van der Waals surface area contributed by atoms with E-state index in [2.05, 4.69) is 31.1 Å². The highest BCUT2D eigenvalue weighted by Gasteiger charge is 2.10. The Labute approximate surface area is 128 Å². The van der Waals surface area contributed by atoms with Crippen molar-refractivity contribution in [1.82, 2.24) is 10.2 Å². The summed E-state index contributed by atoms with van der Waals surface area (Å²) in [6.45, 7) is 6.17. The van der Waals surface area contributed by atoms with Gasteiger partial charge in [-0.25, -0.2) is 0 Å². The van der Waals surface area contributed by atoms with Gasteiger partial charge in [0.25, 0.3) is 0 Å². The third-order valence-electron chi connectivity index (χ3n) is 3.77. The van der Waals surface area contributed by atoms with E-state index in [1.54, 1.807) is 0 Å². The minimum absolute atomic E-state index is 0.0311. The molecule has 1 amide bonds. The van der Waals surface area contributed by atoms with E-state index in [-0.39, 0.29) is 11.9 Å². The van der Waals surface area contributed by atoms with Crippen LogP contribution < -0.4 is 11.1 Å².